The number of aliphatic hydroxyl groups excluding tert-OH is 2. The summed E-state index contributed by atoms with van der Waals surface area (Å²) in [4.78, 5) is 12.2. The molecule has 2 aromatic rings. The molecule has 6 nitrogen and oxygen atoms in total. The quantitative estimate of drug-likeness (QED) is 0.506. The molecule has 0 aromatic heterocycles. The van der Waals surface area contributed by atoms with E-state index in [-0.39, 0.29) is 6.61 Å². The van der Waals surface area contributed by atoms with Crippen LogP contribution in [-0.4, -0.2) is 37.0 Å². The van der Waals surface area contributed by atoms with E-state index >= 15 is 0 Å². The van der Waals surface area contributed by atoms with E-state index in [2.05, 4.69) is 13.8 Å². The molecular formula is C21H31NO5. The standard InChI is InChI=1S/C19H23NO3.2CH4O/c1-14(2)8-9-22-18-11-16(10-17(20)12-18)19(21)23-13-15-6-4-3-5-7-15;2*1-2/h3-7,10-12,14H,8-9,13,20H2,1-2H3;2*2H,1H3. The number of hydrogen-bond donors (Lipinski definition) is 3. The SMILES string of the molecule is CC(C)CCOc1cc(N)cc(C(=O)OCc2ccccc2)c1.CO.CO. The van der Waals surface area contributed by atoms with Crippen molar-refractivity contribution in [3.8, 4) is 5.75 Å². The van der Waals surface area contributed by atoms with Crippen LogP contribution in [0.2, 0.25) is 0 Å². The lowest BCUT2D eigenvalue weighted by molar-refractivity contribution is 0.0472. The van der Waals surface area contributed by atoms with Gasteiger partial charge in [-0.15, -0.1) is 0 Å². The van der Waals surface area contributed by atoms with E-state index in [4.69, 9.17) is 25.4 Å². The lowest BCUT2D eigenvalue weighted by atomic mass is 10.1. The molecule has 2 aromatic carbocycles. The molecule has 6 heteroatoms. The van der Waals surface area contributed by atoms with Crippen molar-refractivity contribution in [3.63, 3.8) is 0 Å². The Hall–Kier alpha value is -2.57. The highest BCUT2D eigenvalue weighted by atomic mass is 16.5. The van der Waals surface area contributed by atoms with Crippen LogP contribution in [0.3, 0.4) is 0 Å². The predicted octanol–water partition coefficient (Wildman–Crippen LogP) is 3.27. The third kappa shape index (κ3) is 10.2. The van der Waals surface area contributed by atoms with E-state index in [1.807, 2.05) is 30.3 Å². The molecule has 0 spiro atoms. The molecule has 0 fully saturated rings. The summed E-state index contributed by atoms with van der Waals surface area (Å²) >= 11 is 0. The van der Waals surface area contributed by atoms with Gasteiger partial charge in [-0.2, -0.15) is 0 Å². The zero-order valence-corrected chi connectivity index (χ0v) is 16.5. The summed E-state index contributed by atoms with van der Waals surface area (Å²) in [6.07, 6.45) is 0.947. The van der Waals surface area contributed by atoms with Gasteiger partial charge in [0, 0.05) is 26.0 Å². The fourth-order valence-electron chi connectivity index (χ4n) is 2.04. The first-order valence-corrected chi connectivity index (χ1v) is 8.68. The molecule has 0 heterocycles. The zero-order chi connectivity index (χ0) is 20.7. The summed E-state index contributed by atoms with van der Waals surface area (Å²) in [5.41, 5.74) is 7.68. The lowest BCUT2D eigenvalue weighted by Gasteiger charge is -2.11. The smallest absolute Gasteiger partial charge is 0.338 e. The molecule has 0 aliphatic rings. The van der Waals surface area contributed by atoms with Gasteiger partial charge in [-0.25, -0.2) is 4.79 Å². The van der Waals surface area contributed by atoms with Crippen LogP contribution in [0.5, 0.6) is 5.75 Å². The minimum absolute atomic E-state index is 0.234. The number of ether oxygens (including phenoxy) is 2. The Morgan fingerprint density at radius 1 is 1.04 bits per heavy atom. The van der Waals surface area contributed by atoms with Crippen LogP contribution in [0.1, 0.15) is 36.2 Å². The highest BCUT2D eigenvalue weighted by Crippen LogP contribution is 2.20. The molecular weight excluding hydrogens is 346 g/mol. The average Bonchev–Trinajstić information content (AvgIpc) is 2.69. The van der Waals surface area contributed by atoms with Crippen LogP contribution in [0.4, 0.5) is 5.69 Å². The van der Waals surface area contributed by atoms with Crippen molar-refractivity contribution in [2.45, 2.75) is 26.9 Å². The van der Waals surface area contributed by atoms with Crippen LogP contribution >= 0.6 is 0 Å². The Morgan fingerprint density at radius 2 is 1.67 bits per heavy atom. The van der Waals surface area contributed by atoms with Crippen molar-refractivity contribution in [3.05, 3.63) is 59.7 Å². The van der Waals surface area contributed by atoms with E-state index in [0.717, 1.165) is 26.2 Å². The summed E-state index contributed by atoms with van der Waals surface area (Å²) in [7, 11) is 2.00. The Balaban J connectivity index is 0.00000158. The zero-order valence-electron chi connectivity index (χ0n) is 16.5. The number of nitrogen functional groups attached to an aromatic ring is 1. The van der Waals surface area contributed by atoms with Crippen LogP contribution in [0.25, 0.3) is 0 Å². The van der Waals surface area contributed by atoms with Crippen molar-refractivity contribution in [2.24, 2.45) is 5.92 Å². The van der Waals surface area contributed by atoms with Gasteiger partial charge in [0.25, 0.3) is 0 Å². The molecule has 4 N–H and O–H groups in total. The van der Waals surface area contributed by atoms with Gasteiger partial charge in [0.1, 0.15) is 12.4 Å². The number of nitrogens with two attached hydrogens (primary N) is 1. The summed E-state index contributed by atoms with van der Waals surface area (Å²) in [5, 5.41) is 14.0. The Kier molecular flexibility index (Phi) is 13.2. The third-order valence-corrected chi connectivity index (χ3v) is 3.34. The number of rotatable bonds is 7. The number of carbonyl (C=O) groups is 1. The van der Waals surface area contributed by atoms with Crippen molar-refractivity contribution >= 4 is 11.7 Å². The van der Waals surface area contributed by atoms with Crippen molar-refractivity contribution in [1.82, 2.24) is 0 Å². The first kappa shape index (κ1) is 24.4. The topological polar surface area (TPSA) is 102 Å². The first-order chi connectivity index (χ1) is 13.0. The number of anilines is 1. The molecule has 0 unspecified atom stereocenters. The summed E-state index contributed by atoms with van der Waals surface area (Å²) in [6.45, 7) is 5.10. The molecule has 0 saturated heterocycles. The fourth-order valence-corrected chi connectivity index (χ4v) is 2.04. The van der Waals surface area contributed by atoms with E-state index in [9.17, 15) is 4.79 Å². The van der Waals surface area contributed by atoms with Crippen LogP contribution in [0, 0.1) is 5.92 Å². The maximum absolute atomic E-state index is 12.2. The monoisotopic (exact) mass is 377 g/mol. The average molecular weight is 377 g/mol. The minimum atomic E-state index is -0.408. The molecule has 0 amide bonds. The van der Waals surface area contributed by atoms with Gasteiger partial charge in [-0.05, 0) is 30.0 Å². The normalized spacial score (nSPS) is 9.44. The summed E-state index contributed by atoms with van der Waals surface area (Å²) in [5.74, 6) is 0.749. The molecule has 0 radical (unpaired) electrons. The van der Waals surface area contributed by atoms with Gasteiger partial charge in [0.05, 0.1) is 12.2 Å². The molecule has 0 aliphatic carbocycles. The van der Waals surface area contributed by atoms with E-state index in [1.54, 1.807) is 18.2 Å². The van der Waals surface area contributed by atoms with Crippen molar-refractivity contribution in [1.29, 1.82) is 0 Å². The number of hydrogen-bond acceptors (Lipinski definition) is 6. The highest BCUT2D eigenvalue weighted by Gasteiger charge is 2.10. The van der Waals surface area contributed by atoms with Gasteiger partial charge in [-0.1, -0.05) is 44.2 Å². The Morgan fingerprint density at radius 3 is 2.26 bits per heavy atom. The number of esters is 1. The molecule has 0 atom stereocenters. The molecule has 0 bridgehead atoms. The van der Waals surface area contributed by atoms with Crippen LogP contribution in [-0.2, 0) is 11.3 Å². The van der Waals surface area contributed by atoms with E-state index < -0.39 is 5.97 Å². The summed E-state index contributed by atoms with van der Waals surface area (Å²) < 4.78 is 11.0. The Bertz CT molecular complexity index is 644. The first-order valence-electron chi connectivity index (χ1n) is 8.68. The molecule has 2 rings (SSSR count). The Labute approximate surface area is 161 Å². The number of benzene rings is 2. The lowest BCUT2D eigenvalue weighted by Crippen LogP contribution is -2.07. The fraction of sp³-hybridized carbons (Fsp3) is 0.381. The third-order valence-electron chi connectivity index (χ3n) is 3.34. The molecule has 0 aliphatic heterocycles. The van der Waals surface area contributed by atoms with Gasteiger partial charge < -0.3 is 25.4 Å². The minimum Gasteiger partial charge on any atom is -0.493 e. The number of aliphatic hydroxyl groups is 2. The van der Waals surface area contributed by atoms with Crippen LogP contribution < -0.4 is 10.5 Å². The number of carbonyl (C=O) groups excluding carboxylic acids is 1. The van der Waals surface area contributed by atoms with E-state index in [1.165, 1.54) is 0 Å². The molecule has 0 saturated carbocycles. The second-order valence-corrected chi connectivity index (χ2v) is 5.88. The van der Waals surface area contributed by atoms with Gasteiger partial charge in [0.15, 0.2) is 0 Å². The molecule has 150 valence electrons. The van der Waals surface area contributed by atoms with Gasteiger partial charge in [-0.3, -0.25) is 0 Å². The second kappa shape index (κ2) is 14.6. The summed E-state index contributed by atoms with van der Waals surface area (Å²) in [6, 6.07) is 14.5. The molecule has 27 heavy (non-hydrogen) atoms. The maximum Gasteiger partial charge on any atom is 0.338 e. The van der Waals surface area contributed by atoms with Crippen molar-refractivity contribution in [2.75, 3.05) is 26.6 Å². The van der Waals surface area contributed by atoms with Gasteiger partial charge in [0.2, 0.25) is 0 Å². The van der Waals surface area contributed by atoms with Gasteiger partial charge >= 0.3 is 5.97 Å². The van der Waals surface area contributed by atoms with Crippen molar-refractivity contribution < 1.29 is 24.5 Å². The largest absolute Gasteiger partial charge is 0.493 e. The maximum atomic E-state index is 12.2. The van der Waals surface area contributed by atoms with Crippen LogP contribution in [0.15, 0.2) is 48.5 Å². The second-order valence-electron chi connectivity index (χ2n) is 5.88. The van der Waals surface area contributed by atoms with E-state index in [0.29, 0.717) is 29.5 Å². The predicted molar refractivity (Wildman–Crippen MR) is 108 cm³/mol. The highest BCUT2D eigenvalue weighted by molar-refractivity contribution is 5.91.